The van der Waals surface area contributed by atoms with Crippen molar-refractivity contribution in [1.82, 2.24) is 4.57 Å². The molecular weight excluding hydrogens is 402 g/mol. The second kappa shape index (κ2) is 8.04. The first-order chi connectivity index (χ1) is 16.2. The zero-order valence-corrected chi connectivity index (χ0v) is 19.0. The molecule has 0 saturated heterocycles. The van der Waals surface area contributed by atoms with Gasteiger partial charge in [-0.05, 0) is 70.2 Å². The molecule has 33 heavy (non-hydrogen) atoms. The topological polar surface area (TPSA) is 22.0 Å². The molecule has 0 amide bonds. The summed E-state index contributed by atoms with van der Waals surface area (Å²) >= 11 is 0. The van der Waals surface area contributed by atoms with Crippen LogP contribution in [0, 0.1) is 0 Å². The third kappa shape index (κ3) is 3.29. The van der Waals surface area contributed by atoms with Crippen LogP contribution in [0.1, 0.15) is 52.9 Å². The smallest absolute Gasteiger partial charge is 0.169 e. The van der Waals surface area contributed by atoms with E-state index in [2.05, 4.69) is 59.2 Å². The minimum atomic E-state index is 0.226. The summed E-state index contributed by atoms with van der Waals surface area (Å²) in [5, 5.41) is 6.86. The second-order valence-corrected chi connectivity index (χ2v) is 9.11. The number of para-hydroxylation sites is 1. The molecule has 0 bridgehead atoms. The van der Waals surface area contributed by atoms with Crippen molar-refractivity contribution in [1.29, 1.82) is 0 Å². The second-order valence-electron chi connectivity index (χ2n) is 9.11. The number of rotatable bonds is 0. The third-order valence-corrected chi connectivity index (χ3v) is 7.17. The summed E-state index contributed by atoms with van der Waals surface area (Å²) < 4.78 is 2.08. The van der Waals surface area contributed by atoms with Gasteiger partial charge < -0.3 is 4.57 Å². The first kappa shape index (κ1) is 20.0. The van der Waals surface area contributed by atoms with Crippen LogP contribution in [0.15, 0.2) is 60.7 Å². The Hall–Kier alpha value is -3.65. The molecule has 0 radical (unpaired) electrons. The Morgan fingerprint density at radius 3 is 2.61 bits per heavy atom. The van der Waals surface area contributed by atoms with Crippen LogP contribution in [0.4, 0.5) is 0 Å². The fraction of sp³-hybridized carbons (Fsp3) is 0.194. The quantitative estimate of drug-likeness (QED) is 0.339. The lowest BCUT2D eigenvalue weighted by Crippen LogP contribution is -2.18. The lowest BCUT2D eigenvalue weighted by molar-refractivity contribution is 0.0996. The van der Waals surface area contributed by atoms with Gasteiger partial charge in [0.05, 0.1) is 11.3 Å². The molecule has 2 heteroatoms. The number of hydrogen-bond acceptors (Lipinski definition) is 1. The number of aryl methyl sites for hydroxylation is 2. The fourth-order valence-corrected chi connectivity index (χ4v) is 5.55. The van der Waals surface area contributed by atoms with Gasteiger partial charge in [-0.3, -0.25) is 4.79 Å². The SMILES string of the molecule is C1=Cc2ccc3c4c(ccc3c2=CC1)CCCC=4.Cn1c2c(c3ccccc31)C(=O)CC=C2. The van der Waals surface area contributed by atoms with Gasteiger partial charge in [0.25, 0.3) is 0 Å². The molecule has 0 saturated carbocycles. The molecule has 4 aromatic rings. The predicted molar refractivity (Wildman–Crippen MR) is 140 cm³/mol. The van der Waals surface area contributed by atoms with Gasteiger partial charge in [0, 0.05) is 24.4 Å². The van der Waals surface area contributed by atoms with E-state index in [9.17, 15) is 4.79 Å². The Morgan fingerprint density at radius 1 is 0.818 bits per heavy atom. The molecule has 3 aliphatic carbocycles. The highest BCUT2D eigenvalue weighted by molar-refractivity contribution is 6.13. The molecule has 162 valence electrons. The maximum absolute atomic E-state index is 11.8. The number of nitrogens with zero attached hydrogens (tertiary/aromatic N) is 1. The van der Waals surface area contributed by atoms with Crippen molar-refractivity contribution >= 4 is 51.8 Å². The molecule has 0 aliphatic heterocycles. The van der Waals surface area contributed by atoms with Crippen molar-refractivity contribution < 1.29 is 4.79 Å². The molecule has 7 rings (SSSR count). The largest absolute Gasteiger partial charge is 0.344 e. The molecule has 0 fully saturated rings. The normalized spacial score (nSPS) is 15.7. The molecule has 0 atom stereocenters. The highest BCUT2D eigenvalue weighted by Crippen LogP contribution is 2.30. The number of carbonyl (C=O) groups excluding carboxylic acids is 1. The Labute approximate surface area is 193 Å². The van der Waals surface area contributed by atoms with E-state index in [1.807, 2.05) is 37.4 Å². The van der Waals surface area contributed by atoms with E-state index in [0.717, 1.165) is 28.6 Å². The Balaban J connectivity index is 0.000000127. The number of hydrogen-bond donors (Lipinski definition) is 0. The summed E-state index contributed by atoms with van der Waals surface area (Å²) in [4.78, 5) is 11.8. The maximum Gasteiger partial charge on any atom is 0.169 e. The summed E-state index contributed by atoms with van der Waals surface area (Å²) in [7, 11) is 2.00. The fourth-order valence-electron chi connectivity index (χ4n) is 5.55. The third-order valence-electron chi connectivity index (χ3n) is 7.17. The summed E-state index contributed by atoms with van der Waals surface area (Å²) in [5.41, 5.74) is 5.94. The molecule has 1 aromatic heterocycles. The van der Waals surface area contributed by atoms with Gasteiger partial charge in [-0.15, -0.1) is 0 Å². The van der Waals surface area contributed by atoms with Crippen molar-refractivity contribution in [2.75, 3.05) is 0 Å². The molecule has 1 heterocycles. The van der Waals surface area contributed by atoms with Crippen LogP contribution in [-0.2, 0) is 13.5 Å². The van der Waals surface area contributed by atoms with Crippen LogP contribution in [0.25, 0.3) is 46.0 Å². The lowest BCUT2D eigenvalue weighted by Gasteiger charge is -2.13. The summed E-state index contributed by atoms with van der Waals surface area (Å²) in [6.07, 6.45) is 18.6. The van der Waals surface area contributed by atoms with Gasteiger partial charge in [0.2, 0.25) is 0 Å². The average molecular weight is 430 g/mol. The maximum atomic E-state index is 11.8. The van der Waals surface area contributed by atoms with E-state index in [4.69, 9.17) is 0 Å². The van der Waals surface area contributed by atoms with E-state index in [1.165, 1.54) is 51.6 Å². The summed E-state index contributed by atoms with van der Waals surface area (Å²) in [5.74, 6) is 0.226. The van der Waals surface area contributed by atoms with Crippen molar-refractivity contribution in [3.05, 3.63) is 93.5 Å². The first-order valence-corrected chi connectivity index (χ1v) is 11.9. The van der Waals surface area contributed by atoms with Crippen LogP contribution < -0.4 is 10.4 Å². The average Bonchev–Trinajstić information content (AvgIpc) is 3.17. The Morgan fingerprint density at radius 2 is 1.67 bits per heavy atom. The highest BCUT2D eigenvalue weighted by atomic mass is 16.1. The van der Waals surface area contributed by atoms with Crippen LogP contribution in [0.3, 0.4) is 0 Å². The molecule has 3 aromatic carbocycles. The van der Waals surface area contributed by atoms with Crippen LogP contribution in [0.2, 0.25) is 0 Å². The van der Waals surface area contributed by atoms with Crippen LogP contribution >= 0.6 is 0 Å². The van der Waals surface area contributed by atoms with E-state index in [-0.39, 0.29) is 5.78 Å². The molecule has 3 aliphatic rings. The van der Waals surface area contributed by atoms with E-state index in [1.54, 1.807) is 0 Å². The van der Waals surface area contributed by atoms with Crippen molar-refractivity contribution in [2.45, 2.75) is 32.1 Å². The predicted octanol–water partition coefficient (Wildman–Crippen LogP) is 5.93. The monoisotopic (exact) mass is 429 g/mol. The number of Topliss-reactive ketones (excluding diaryl/α,β-unsaturated/α-hetero) is 1. The summed E-state index contributed by atoms with van der Waals surface area (Å²) in [6.45, 7) is 0. The molecule has 0 unspecified atom stereocenters. The van der Waals surface area contributed by atoms with E-state index in [0.29, 0.717) is 6.42 Å². The minimum Gasteiger partial charge on any atom is -0.344 e. The van der Waals surface area contributed by atoms with E-state index >= 15 is 0 Å². The van der Waals surface area contributed by atoms with Gasteiger partial charge in [-0.2, -0.15) is 0 Å². The first-order valence-electron chi connectivity index (χ1n) is 11.9. The number of fused-ring (bicyclic) bond motifs is 8. The van der Waals surface area contributed by atoms with Gasteiger partial charge in [0.1, 0.15) is 0 Å². The van der Waals surface area contributed by atoms with Crippen molar-refractivity contribution in [3.63, 3.8) is 0 Å². The van der Waals surface area contributed by atoms with Crippen LogP contribution in [0.5, 0.6) is 0 Å². The number of carbonyl (C=O) groups is 1. The van der Waals surface area contributed by atoms with Gasteiger partial charge >= 0.3 is 0 Å². The number of benzene rings is 3. The summed E-state index contributed by atoms with van der Waals surface area (Å²) in [6, 6.07) is 17.3. The van der Waals surface area contributed by atoms with Gasteiger partial charge in [-0.1, -0.05) is 72.8 Å². The van der Waals surface area contributed by atoms with Crippen molar-refractivity contribution in [2.24, 2.45) is 7.05 Å². The van der Waals surface area contributed by atoms with Gasteiger partial charge in [0.15, 0.2) is 5.78 Å². The van der Waals surface area contributed by atoms with Gasteiger partial charge in [-0.25, -0.2) is 0 Å². The minimum absolute atomic E-state index is 0.226. The number of allylic oxidation sites excluding steroid dienone is 2. The Kier molecular flexibility index (Phi) is 4.87. The number of aromatic nitrogens is 1. The standard InChI is InChI=1S/C18H16.C13H11NO/c1-3-7-15-13(5-1)9-11-18-16-8-4-2-6-14(16)10-12-17(15)18;1-14-10-6-3-2-5-9(10)13-11(14)7-4-8-12(13)15/h1,5,7-12H,2-4,6H2;2-7H,8H2,1H3. The molecule has 2 nitrogen and oxygen atoms in total. The van der Waals surface area contributed by atoms with Crippen LogP contribution in [-0.4, -0.2) is 10.4 Å². The van der Waals surface area contributed by atoms with E-state index < -0.39 is 0 Å². The number of ketones is 1. The van der Waals surface area contributed by atoms with Crippen molar-refractivity contribution in [3.8, 4) is 0 Å². The highest BCUT2D eigenvalue weighted by Gasteiger charge is 2.20. The molecule has 0 N–H and O–H groups in total. The Bertz CT molecular complexity index is 1610. The molecule has 0 spiro atoms. The molecular formula is C31H27NO. The zero-order chi connectivity index (χ0) is 22.4. The zero-order valence-electron chi connectivity index (χ0n) is 19.0. The lowest BCUT2D eigenvalue weighted by atomic mass is 9.92.